The average Bonchev–Trinajstić information content (AvgIpc) is 2.38. The molecule has 2 aliphatic rings. The van der Waals surface area contributed by atoms with Gasteiger partial charge in [0.2, 0.25) is 0 Å². The van der Waals surface area contributed by atoms with Crippen molar-refractivity contribution in [3.05, 3.63) is 0 Å². The predicted octanol–water partition coefficient (Wildman–Crippen LogP) is 1.79. The Balaban J connectivity index is 1.87. The predicted molar refractivity (Wildman–Crippen MR) is 76.0 cm³/mol. The Bertz CT molecular complexity index is 306. The first kappa shape index (κ1) is 14.8. The minimum absolute atomic E-state index is 0.0138. The van der Waals surface area contributed by atoms with Crippen molar-refractivity contribution < 1.29 is 9.53 Å². The van der Waals surface area contributed by atoms with Crippen molar-refractivity contribution in [3.8, 4) is 0 Å². The number of carbonyl (C=O) groups is 1. The molecule has 0 aromatic heterocycles. The fraction of sp³-hybridized carbons (Fsp3) is 0.933. The van der Waals surface area contributed by atoms with Gasteiger partial charge in [-0.2, -0.15) is 0 Å². The van der Waals surface area contributed by atoms with Gasteiger partial charge in [-0.3, -0.25) is 9.69 Å². The minimum Gasteiger partial charge on any atom is -0.460 e. The summed E-state index contributed by atoms with van der Waals surface area (Å²) >= 11 is 0. The Morgan fingerprint density at radius 1 is 1.16 bits per heavy atom. The second-order valence-electron chi connectivity index (χ2n) is 6.87. The first-order chi connectivity index (χ1) is 8.96. The summed E-state index contributed by atoms with van der Waals surface area (Å²) in [7, 11) is 0. The van der Waals surface area contributed by atoms with Gasteiger partial charge in [-0.25, -0.2) is 0 Å². The van der Waals surface area contributed by atoms with E-state index in [1.165, 1.54) is 32.4 Å². The number of carbonyl (C=O) groups excluding carboxylic acids is 1. The third kappa shape index (κ3) is 4.46. The summed E-state index contributed by atoms with van der Waals surface area (Å²) < 4.78 is 5.52. The van der Waals surface area contributed by atoms with E-state index in [1.54, 1.807) is 0 Å². The van der Waals surface area contributed by atoms with Crippen LogP contribution in [0.25, 0.3) is 0 Å². The van der Waals surface area contributed by atoms with Crippen LogP contribution in [0.5, 0.6) is 0 Å². The highest BCUT2D eigenvalue weighted by Gasteiger charge is 2.33. The molecule has 0 unspecified atom stereocenters. The third-order valence-corrected chi connectivity index (χ3v) is 3.97. The Kier molecular flexibility index (Phi) is 4.85. The molecule has 0 saturated carbocycles. The Hall–Kier alpha value is -0.610. The van der Waals surface area contributed by atoms with Gasteiger partial charge < -0.3 is 10.1 Å². The van der Waals surface area contributed by atoms with Crippen LogP contribution in [0.15, 0.2) is 0 Å². The summed E-state index contributed by atoms with van der Waals surface area (Å²) in [4.78, 5) is 14.7. The zero-order valence-electron chi connectivity index (χ0n) is 12.6. The van der Waals surface area contributed by atoms with Crippen LogP contribution in [0.4, 0.5) is 0 Å². The molecule has 4 heteroatoms. The molecule has 2 saturated heterocycles. The summed E-state index contributed by atoms with van der Waals surface area (Å²) in [6.45, 7) is 9.95. The lowest BCUT2D eigenvalue weighted by atomic mass is 9.93. The van der Waals surface area contributed by atoms with Crippen molar-refractivity contribution >= 4 is 5.97 Å². The van der Waals surface area contributed by atoms with E-state index < -0.39 is 0 Å². The van der Waals surface area contributed by atoms with Crippen LogP contribution in [0.1, 0.15) is 46.5 Å². The van der Waals surface area contributed by atoms with Crippen molar-refractivity contribution in [1.82, 2.24) is 10.2 Å². The normalized spacial score (nSPS) is 30.1. The number of hydrogen-bond acceptors (Lipinski definition) is 4. The topological polar surface area (TPSA) is 41.6 Å². The van der Waals surface area contributed by atoms with Gasteiger partial charge in [0.05, 0.1) is 5.92 Å². The molecule has 0 aliphatic carbocycles. The van der Waals surface area contributed by atoms with Crippen LogP contribution >= 0.6 is 0 Å². The monoisotopic (exact) mass is 268 g/mol. The molecule has 2 aliphatic heterocycles. The molecule has 2 atom stereocenters. The second-order valence-corrected chi connectivity index (χ2v) is 6.87. The quantitative estimate of drug-likeness (QED) is 0.775. The van der Waals surface area contributed by atoms with E-state index in [1.807, 2.05) is 20.8 Å². The van der Waals surface area contributed by atoms with E-state index >= 15 is 0 Å². The van der Waals surface area contributed by atoms with E-state index in [4.69, 9.17) is 4.74 Å². The molecule has 0 bridgehead atoms. The molecule has 2 rings (SSSR count). The van der Waals surface area contributed by atoms with Crippen LogP contribution in [-0.4, -0.2) is 48.7 Å². The number of piperidine rings is 2. The molecular weight excluding hydrogens is 240 g/mol. The zero-order chi connectivity index (χ0) is 13.9. The first-order valence-corrected chi connectivity index (χ1v) is 7.63. The minimum atomic E-state index is -0.380. The van der Waals surface area contributed by atoms with Crippen molar-refractivity contribution in [3.63, 3.8) is 0 Å². The maximum atomic E-state index is 12.2. The molecule has 2 fully saturated rings. The number of esters is 1. The largest absolute Gasteiger partial charge is 0.460 e. The SMILES string of the molecule is CC(C)(C)OC(=O)[C@@H]1CNC[C@H](N2CCCCC2)C1. The molecule has 0 spiro atoms. The smallest absolute Gasteiger partial charge is 0.310 e. The van der Waals surface area contributed by atoms with Gasteiger partial charge in [0.1, 0.15) is 5.60 Å². The van der Waals surface area contributed by atoms with E-state index in [0.717, 1.165) is 19.5 Å². The third-order valence-electron chi connectivity index (χ3n) is 3.97. The van der Waals surface area contributed by atoms with Gasteiger partial charge in [-0.15, -0.1) is 0 Å². The van der Waals surface area contributed by atoms with Crippen molar-refractivity contribution in [1.29, 1.82) is 0 Å². The van der Waals surface area contributed by atoms with Gasteiger partial charge in [0.15, 0.2) is 0 Å². The molecule has 0 amide bonds. The first-order valence-electron chi connectivity index (χ1n) is 7.63. The molecule has 0 radical (unpaired) electrons. The number of rotatable bonds is 2. The lowest BCUT2D eigenvalue weighted by Crippen LogP contribution is -2.52. The lowest BCUT2D eigenvalue weighted by molar-refractivity contribution is -0.161. The Morgan fingerprint density at radius 3 is 2.47 bits per heavy atom. The van der Waals surface area contributed by atoms with E-state index in [2.05, 4.69) is 10.2 Å². The summed E-state index contributed by atoms with van der Waals surface area (Å²) in [6, 6.07) is 0.506. The van der Waals surface area contributed by atoms with Gasteiger partial charge in [-0.05, 0) is 53.1 Å². The van der Waals surface area contributed by atoms with Gasteiger partial charge >= 0.3 is 5.97 Å². The average molecular weight is 268 g/mol. The number of nitrogens with one attached hydrogen (secondary N) is 1. The maximum Gasteiger partial charge on any atom is 0.310 e. The molecule has 110 valence electrons. The Morgan fingerprint density at radius 2 is 1.84 bits per heavy atom. The highest BCUT2D eigenvalue weighted by molar-refractivity contribution is 5.73. The van der Waals surface area contributed by atoms with Crippen LogP contribution in [-0.2, 0) is 9.53 Å². The van der Waals surface area contributed by atoms with Crippen molar-refractivity contribution in [2.45, 2.75) is 58.1 Å². The number of ether oxygens (including phenoxy) is 1. The molecule has 1 N–H and O–H groups in total. The fourth-order valence-electron chi connectivity index (χ4n) is 3.05. The number of likely N-dealkylation sites (tertiary alicyclic amines) is 1. The lowest BCUT2D eigenvalue weighted by Gasteiger charge is -2.39. The zero-order valence-corrected chi connectivity index (χ0v) is 12.6. The summed E-state index contributed by atoms with van der Waals surface area (Å²) in [6.07, 6.45) is 4.90. The maximum absolute atomic E-state index is 12.2. The Labute approximate surface area is 116 Å². The molecule has 0 aromatic carbocycles. The molecule has 19 heavy (non-hydrogen) atoms. The van der Waals surface area contributed by atoms with Crippen LogP contribution in [0.3, 0.4) is 0 Å². The fourth-order valence-corrected chi connectivity index (χ4v) is 3.05. The van der Waals surface area contributed by atoms with E-state index in [-0.39, 0.29) is 17.5 Å². The van der Waals surface area contributed by atoms with Crippen molar-refractivity contribution in [2.75, 3.05) is 26.2 Å². The summed E-state index contributed by atoms with van der Waals surface area (Å²) in [5.74, 6) is -0.0263. The molecule has 0 aromatic rings. The van der Waals surface area contributed by atoms with Gasteiger partial charge in [0, 0.05) is 19.1 Å². The van der Waals surface area contributed by atoms with Gasteiger partial charge in [-0.1, -0.05) is 6.42 Å². The summed E-state index contributed by atoms with van der Waals surface area (Å²) in [5, 5.41) is 3.41. The summed E-state index contributed by atoms with van der Waals surface area (Å²) in [5.41, 5.74) is -0.380. The van der Waals surface area contributed by atoms with Crippen molar-refractivity contribution in [2.24, 2.45) is 5.92 Å². The highest BCUT2D eigenvalue weighted by Crippen LogP contribution is 2.22. The van der Waals surface area contributed by atoms with E-state index in [9.17, 15) is 4.79 Å². The second kappa shape index (κ2) is 6.23. The molecule has 4 nitrogen and oxygen atoms in total. The van der Waals surface area contributed by atoms with Crippen LogP contribution in [0.2, 0.25) is 0 Å². The van der Waals surface area contributed by atoms with Crippen LogP contribution < -0.4 is 5.32 Å². The van der Waals surface area contributed by atoms with Crippen LogP contribution in [0, 0.1) is 5.92 Å². The van der Waals surface area contributed by atoms with E-state index in [0.29, 0.717) is 6.04 Å². The van der Waals surface area contributed by atoms with Gasteiger partial charge in [0.25, 0.3) is 0 Å². The molecule has 2 heterocycles. The number of nitrogens with zero attached hydrogens (tertiary/aromatic N) is 1. The molecular formula is C15H28N2O2. The number of hydrogen-bond donors (Lipinski definition) is 1. The standard InChI is InChI=1S/C15H28N2O2/c1-15(2,3)19-14(18)12-9-13(11-16-10-12)17-7-5-4-6-8-17/h12-13,16H,4-11H2,1-3H3/t12-,13+/m0/s1. The highest BCUT2D eigenvalue weighted by atomic mass is 16.6.